The van der Waals surface area contributed by atoms with E-state index in [-0.39, 0.29) is 0 Å². The molecule has 1 unspecified atom stereocenters. The highest BCUT2D eigenvalue weighted by atomic mass is 35.5. The monoisotopic (exact) mass is 336 g/mol. The summed E-state index contributed by atoms with van der Waals surface area (Å²) >= 11 is 7.47. The number of carboxylic acids is 1. The van der Waals surface area contributed by atoms with Crippen molar-refractivity contribution in [3.05, 3.63) is 40.4 Å². The molecule has 116 valence electrons. The number of aromatic nitrogens is 1. The van der Waals surface area contributed by atoms with Crippen molar-refractivity contribution in [2.24, 2.45) is 0 Å². The third-order valence-corrected chi connectivity index (χ3v) is 5.05. The molecule has 2 aromatic rings. The Balaban J connectivity index is 1.75. The molecule has 1 saturated carbocycles. The van der Waals surface area contributed by atoms with Crippen molar-refractivity contribution in [3.8, 4) is 10.6 Å². The maximum Gasteiger partial charge on any atom is 0.320 e. The minimum absolute atomic E-state index is 0.381. The number of nitrogens with zero attached hydrogens (tertiary/aromatic N) is 2. The summed E-state index contributed by atoms with van der Waals surface area (Å²) < 4.78 is 0. The highest BCUT2D eigenvalue weighted by Gasteiger charge is 2.35. The summed E-state index contributed by atoms with van der Waals surface area (Å²) in [5.74, 6) is -0.778. The molecule has 1 N–H and O–H groups in total. The first-order valence-electron chi connectivity index (χ1n) is 7.23. The second-order valence-corrected chi connectivity index (χ2v) is 6.86. The lowest BCUT2D eigenvalue weighted by Crippen LogP contribution is -2.40. The molecule has 1 heterocycles. The van der Waals surface area contributed by atoms with Gasteiger partial charge in [-0.3, -0.25) is 9.69 Å². The number of carbonyl (C=O) groups is 1. The molecule has 22 heavy (non-hydrogen) atoms. The van der Waals surface area contributed by atoms with Gasteiger partial charge in [-0.2, -0.15) is 0 Å². The third kappa shape index (κ3) is 3.48. The molecule has 0 bridgehead atoms. The van der Waals surface area contributed by atoms with Crippen LogP contribution < -0.4 is 0 Å². The van der Waals surface area contributed by atoms with E-state index in [9.17, 15) is 9.90 Å². The molecule has 1 aliphatic carbocycles. The Morgan fingerprint density at radius 1 is 1.45 bits per heavy atom. The number of benzene rings is 1. The quantitative estimate of drug-likeness (QED) is 0.869. The fourth-order valence-electron chi connectivity index (χ4n) is 2.42. The van der Waals surface area contributed by atoms with Crippen LogP contribution in [0.1, 0.15) is 25.5 Å². The molecule has 4 nitrogen and oxygen atoms in total. The number of aliphatic carboxylic acids is 1. The number of hydrogen-bond donors (Lipinski definition) is 1. The number of carboxylic acid groups (broad SMARTS) is 1. The van der Waals surface area contributed by atoms with E-state index in [0.29, 0.717) is 17.6 Å². The summed E-state index contributed by atoms with van der Waals surface area (Å²) in [5, 5.41) is 12.9. The van der Waals surface area contributed by atoms with Crippen LogP contribution in [-0.4, -0.2) is 33.0 Å². The zero-order valence-corrected chi connectivity index (χ0v) is 13.8. The minimum Gasteiger partial charge on any atom is -0.480 e. The number of hydrogen-bond acceptors (Lipinski definition) is 4. The van der Waals surface area contributed by atoms with Crippen molar-refractivity contribution in [2.75, 3.05) is 0 Å². The topological polar surface area (TPSA) is 53.4 Å². The zero-order valence-electron chi connectivity index (χ0n) is 12.2. The molecule has 1 aromatic carbocycles. The van der Waals surface area contributed by atoms with E-state index in [2.05, 4.69) is 4.98 Å². The van der Waals surface area contributed by atoms with Gasteiger partial charge in [-0.15, -0.1) is 11.3 Å². The Morgan fingerprint density at radius 3 is 2.73 bits per heavy atom. The second-order valence-electron chi connectivity index (χ2n) is 5.57. The van der Waals surface area contributed by atoms with E-state index < -0.39 is 12.0 Å². The smallest absolute Gasteiger partial charge is 0.320 e. The summed E-state index contributed by atoms with van der Waals surface area (Å²) in [6.45, 7) is 2.33. The number of halogens is 1. The van der Waals surface area contributed by atoms with Crippen molar-refractivity contribution >= 4 is 28.9 Å². The average molecular weight is 337 g/mol. The second kappa shape index (κ2) is 6.36. The van der Waals surface area contributed by atoms with Crippen molar-refractivity contribution in [1.29, 1.82) is 0 Å². The van der Waals surface area contributed by atoms with E-state index in [1.165, 1.54) is 0 Å². The van der Waals surface area contributed by atoms with Gasteiger partial charge >= 0.3 is 5.97 Å². The Kier molecular flexibility index (Phi) is 4.47. The summed E-state index contributed by atoms with van der Waals surface area (Å²) in [6.07, 6.45) is 2.15. The highest BCUT2D eigenvalue weighted by molar-refractivity contribution is 7.13. The summed E-state index contributed by atoms with van der Waals surface area (Å²) in [7, 11) is 0. The van der Waals surface area contributed by atoms with Crippen molar-refractivity contribution in [1.82, 2.24) is 9.88 Å². The van der Waals surface area contributed by atoms with Gasteiger partial charge in [-0.05, 0) is 31.9 Å². The predicted octanol–water partition coefficient (Wildman–Crippen LogP) is 3.90. The van der Waals surface area contributed by atoms with E-state index in [1.54, 1.807) is 18.3 Å². The molecular formula is C16H17ClN2O2S. The van der Waals surface area contributed by atoms with Crippen LogP contribution in [0.3, 0.4) is 0 Å². The normalized spacial score (nSPS) is 16.0. The average Bonchev–Trinajstić information content (AvgIpc) is 3.24. The van der Waals surface area contributed by atoms with Crippen LogP contribution in [-0.2, 0) is 11.3 Å². The van der Waals surface area contributed by atoms with E-state index in [1.807, 2.05) is 34.5 Å². The minimum atomic E-state index is -0.778. The SMILES string of the molecule is CC(C(=O)O)N(Cc1csc(-c2ccc(Cl)cc2)n1)C1CC1. The molecule has 0 saturated heterocycles. The highest BCUT2D eigenvalue weighted by Crippen LogP contribution is 2.31. The Bertz CT molecular complexity index is 667. The Morgan fingerprint density at radius 2 is 2.14 bits per heavy atom. The zero-order chi connectivity index (χ0) is 15.7. The van der Waals surface area contributed by atoms with E-state index in [4.69, 9.17) is 11.6 Å². The van der Waals surface area contributed by atoms with E-state index in [0.717, 1.165) is 29.1 Å². The Labute approximate surface area is 138 Å². The van der Waals surface area contributed by atoms with Gasteiger partial charge in [0.25, 0.3) is 0 Å². The van der Waals surface area contributed by atoms with Gasteiger partial charge in [0.05, 0.1) is 5.69 Å². The summed E-state index contributed by atoms with van der Waals surface area (Å²) in [6, 6.07) is 7.49. The maximum atomic E-state index is 11.2. The van der Waals surface area contributed by atoms with Gasteiger partial charge in [0, 0.05) is 28.6 Å². The van der Waals surface area contributed by atoms with Crippen molar-refractivity contribution in [2.45, 2.75) is 38.4 Å². The van der Waals surface area contributed by atoms with Crippen LogP contribution in [0.25, 0.3) is 10.6 Å². The van der Waals surface area contributed by atoms with Gasteiger partial charge in [-0.25, -0.2) is 4.98 Å². The fourth-order valence-corrected chi connectivity index (χ4v) is 3.37. The fraction of sp³-hybridized carbons (Fsp3) is 0.375. The summed E-state index contributed by atoms with van der Waals surface area (Å²) in [5.41, 5.74) is 1.96. The van der Waals surface area contributed by atoms with Crippen LogP contribution in [0.4, 0.5) is 0 Å². The molecule has 1 aromatic heterocycles. The lowest BCUT2D eigenvalue weighted by molar-refractivity contribution is -0.143. The molecule has 3 rings (SSSR count). The van der Waals surface area contributed by atoms with Crippen LogP contribution in [0.2, 0.25) is 5.02 Å². The van der Waals surface area contributed by atoms with Crippen molar-refractivity contribution < 1.29 is 9.90 Å². The summed E-state index contributed by atoms with van der Waals surface area (Å²) in [4.78, 5) is 17.9. The first-order chi connectivity index (χ1) is 10.5. The van der Waals surface area contributed by atoms with Crippen LogP contribution in [0.5, 0.6) is 0 Å². The molecule has 0 amide bonds. The van der Waals surface area contributed by atoms with Crippen LogP contribution in [0, 0.1) is 0 Å². The van der Waals surface area contributed by atoms with E-state index >= 15 is 0 Å². The molecule has 0 radical (unpaired) electrons. The molecule has 1 atom stereocenters. The molecular weight excluding hydrogens is 320 g/mol. The van der Waals surface area contributed by atoms with Gasteiger partial charge in [-0.1, -0.05) is 23.7 Å². The van der Waals surface area contributed by atoms with Crippen LogP contribution in [0.15, 0.2) is 29.6 Å². The maximum absolute atomic E-state index is 11.2. The first-order valence-corrected chi connectivity index (χ1v) is 8.49. The van der Waals surface area contributed by atoms with Gasteiger partial charge in [0.1, 0.15) is 11.0 Å². The van der Waals surface area contributed by atoms with Gasteiger partial charge < -0.3 is 5.11 Å². The molecule has 6 heteroatoms. The predicted molar refractivity (Wildman–Crippen MR) is 88.2 cm³/mol. The van der Waals surface area contributed by atoms with Gasteiger partial charge in [0.15, 0.2) is 0 Å². The number of thiazole rings is 1. The van der Waals surface area contributed by atoms with Crippen molar-refractivity contribution in [3.63, 3.8) is 0 Å². The van der Waals surface area contributed by atoms with Gasteiger partial charge in [0.2, 0.25) is 0 Å². The van der Waals surface area contributed by atoms with Crippen LogP contribution >= 0.6 is 22.9 Å². The lowest BCUT2D eigenvalue weighted by atomic mass is 10.2. The first kappa shape index (κ1) is 15.5. The largest absolute Gasteiger partial charge is 0.480 e. The molecule has 1 aliphatic rings. The lowest BCUT2D eigenvalue weighted by Gasteiger charge is -2.25. The third-order valence-electron chi connectivity index (χ3n) is 3.86. The number of rotatable bonds is 6. The molecule has 0 spiro atoms. The molecule has 1 fully saturated rings. The standard InChI is InChI=1S/C16H17ClN2O2S/c1-10(16(20)21)19(14-6-7-14)8-13-9-22-15(18-13)11-2-4-12(17)5-3-11/h2-5,9-10,14H,6-8H2,1H3,(H,20,21). The molecule has 0 aliphatic heterocycles. The Hall–Kier alpha value is -1.43.